The first-order chi connectivity index (χ1) is 12.0. The van der Waals surface area contributed by atoms with Crippen LogP contribution in [0, 0.1) is 5.82 Å². The van der Waals surface area contributed by atoms with Gasteiger partial charge in [0.2, 0.25) is 5.91 Å². The molecule has 1 aromatic carbocycles. The lowest BCUT2D eigenvalue weighted by Crippen LogP contribution is -2.50. The van der Waals surface area contributed by atoms with E-state index in [0.29, 0.717) is 32.0 Å². The number of benzene rings is 1. The van der Waals surface area contributed by atoms with Crippen LogP contribution in [-0.4, -0.2) is 57.8 Å². The first-order valence-corrected chi connectivity index (χ1v) is 7.93. The van der Waals surface area contributed by atoms with E-state index in [1.807, 2.05) is 0 Å². The Bertz CT molecular complexity index is 790. The van der Waals surface area contributed by atoms with Gasteiger partial charge < -0.3 is 15.1 Å². The Kier molecular flexibility index (Phi) is 4.87. The molecule has 2 aromatic rings. The van der Waals surface area contributed by atoms with Crippen LogP contribution < -0.4 is 5.32 Å². The van der Waals surface area contributed by atoms with E-state index in [2.05, 4.69) is 15.3 Å². The summed E-state index contributed by atoms with van der Waals surface area (Å²) in [6.45, 7) is 3.44. The van der Waals surface area contributed by atoms with Crippen molar-refractivity contribution >= 4 is 23.3 Å². The van der Waals surface area contributed by atoms with Crippen molar-refractivity contribution in [2.45, 2.75) is 6.92 Å². The van der Waals surface area contributed by atoms with Gasteiger partial charge in [0.1, 0.15) is 23.7 Å². The summed E-state index contributed by atoms with van der Waals surface area (Å²) >= 11 is 0. The summed E-state index contributed by atoms with van der Waals surface area (Å²) in [6, 6.07) is 7.71. The zero-order valence-electron chi connectivity index (χ0n) is 13.8. The molecule has 0 spiro atoms. The lowest BCUT2D eigenvalue weighted by atomic mass is 10.2. The number of nitrogens with zero attached hydrogens (tertiary/aromatic N) is 4. The first kappa shape index (κ1) is 16.8. The van der Waals surface area contributed by atoms with Gasteiger partial charge in [0.25, 0.3) is 5.91 Å². The Hall–Kier alpha value is -3.03. The van der Waals surface area contributed by atoms with Crippen molar-refractivity contribution in [3.8, 4) is 0 Å². The number of para-hydroxylation sites is 1. The van der Waals surface area contributed by atoms with Crippen LogP contribution in [0.5, 0.6) is 0 Å². The van der Waals surface area contributed by atoms with E-state index in [0.717, 1.165) is 0 Å². The molecule has 1 aliphatic heterocycles. The Labute approximate surface area is 144 Å². The van der Waals surface area contributed by atoms with E-state index < -0.39 is 5.82 Å². The minimum atomic E-state index is -0.408. The number of aromatic nitrogens is 2. The largest absolute Gasteiger partial charge is 0.339 e. The first-order valence-electron chi connectivity index (χ1n) is 7.93. The third kappa shape index (κ3) is 3.90. The second-order valence-electron chi connectivity index (χ2n) is 5.69. The molecule has 0 radical (unpaired) electrons. The van der Waals surface area contributed by atoms with E-state index in [9.17, 15) is 14.0 Å². The SMILES string of the molecule is CC(=O)N1CCN(C(=O)c2cc(Nc3ccccc3F)ncn2)CC1. The number of anilines is 2. The van der Waals surface area contributed by atoms with Gasteiger partial charge in [-0.15, -0.1) is 0 Å². The monoisotopic (exact) mass is 343 g/mol. The summed E-state index contributed by atoms with van der Waals surface area (Å²) in [4.78, 5) is 35.3. The molecule has 0 saturated carbocycles. The van der Waals surface area contributed by atoms with E-state index in [-0.39, 0.29) is 23.2 Å². The number of rotatable bonds is 3. The number of nitrogens with one attached hydrogen (secondary N) is 1. The van der Waals surface area contributed by atoms with Crippen molar-refractivity contribution in [3.63, 3.8) is 0 Å². The highest BCUT2D eigenvalue weighted by molar-refractivity contribution is 5.93. The number of halogens is 1. The lowest BCUT2D eigenvalue weighted by Gasteiger charge is -2.34. The standard InChI is InChI=1S/C17H18FN5O2/c1-12(24)22-6-8-23(9-7-22)17(25)15-10-16(20-11-19-15)21-14-5-3-2-4-13(14)18/h2-5,10-11H,6-9H2,1H3,(H,19,20,21). The van der Waals surface area contributed by atoms with Crippen molar-refractivity contribution in [3.05, 3.63) is 48.2 Å². The number of amides is 2. The molecule has 1 aromatic heterocycles. The summed E-state index contributed by atoms with van der Waals surface area (Å²) in [5.74, 6) is -0.298. The summed E-state index contributed by atoms with van der Waals surface area (Å²) in [5.41, 5.74) is 0.500. The number of carbonyl (C=O) groups is 2. The van der Waals surface area contributed by atoms with Crippen LogP contribution >= 0.6 is 0 Å². The van der Waals surface area contributed by atoms with Gasteiger partial charge in [-0.25, -0.2) is 14.4 Å². The number of piperazine rings is 1. The van der Waals surface area contributed by atoms with Crippen LogP contribution in [-0.2, 0) is 4.79 Å². The predicted octanol–water partition coefficient (Wildman–Crippen LogP) is 1.66. The van der Waals surface area contributed by atoms with Crippen LogP contribution in [0.3, 0.4) is 0 Å². The molecule has 1 fully saturated rings. The van der Waals surface area contributed by atoms with Crippen LogP contribution in [0.25, 0.3) is 0 Å². The summed E-state index contributed by atoms with van der Waals surface area (Å²) in [6.07, 6.45) is 1.27. The molecule has 1 N–H and O–H groups in total. The Balaban J connectivity index is 1.70. The maximum atomic E-state index is 13.7. The van der Waals surface area contributed by atoms with Gasteiger partial charge in [-0.1, -0.05) is 12.1 Å². The predicted molar refractivity (Wildman–Crippen MR) is 89.9 cm³/mol. The zero-order chi connectivity index (χ0) is 17.8. The molecule has 0 aliphatic carbocycles. The van der Waals surface area contributed by atoms with Gasteiger partial charge in [-0.05, 0) is 12.1 Å². The van der Waals surface area contributed by atoms with Crippen molar-refractivity contribution in [2.24, 2.45) is 0 Å². The molecular formula is C17H18FN5O2. The average molecular weight is 343 g/mol. The second kappa shape index (κ2) is 7.25. The van der Waals surface area contributed by atoms with Crippen LogP contribution in [0.4, 0.5) is 15.9 Å². The third-order valence-corrected chi connectivity index (χ3v) is 4.04. The smallest absolute Gasteiger partial charge is 0.272 e. The van der Waals surface area contributed by atoms with Crippen molar-refractivity contribution < 1.29 is 14.0 Å². The van der Waals surface area contributed by atoms with Crippen LogP contribution in [0.1, 0.15) is 17.4 Å². The van der Waals surface area contributed by atoms with Gasteiger partial charge in [0.15, 0.2) is 0 Å². The number of carbonyl (C=O) groups excluding carboxylic acids is 2. The summed E-state index contributed by atoms with van der Waals surface area (Å²) < 4.78 is 13.7. The fourth-order valence-electron chi connectivity index (χ4n) is 2.63. The molecule has 130 valence electrons. The van der Waals surface area contributed by atoms with Gasteiger partial charge in [-0.2, -0.15) is 0 Å². The zero-order valence-corrected chi connectivity index (χ0v) is 13.8. The minimum Gasteiger partial charge on any atom is -0.339 e. The molecule has 0 bridgehead atoms. The quantitative estimate of drug-likeness (QED) is 0.917. The van der Waals surface area contributed by atoms with Gasteiger partial charge in [-0.3, -0.25) is 9.59 Å². The molecule has 25 heavy (non-hydrogen) atoms. The number of hydrogen-bond acceptors (Lipinski definition) is 5. The third-order valence-electron chi connectivity index (χ3n) is 4.04. The Morgan fingerprint density at radius 2 is 1.76 bits per heavy atom. The van der Waals surface area contributed by atoms with Crippen molar-refractivity contribution in [2.75, 3.05) is 31.5 Å². The van der Waals surface area contributed by atoms with Gasteiger partial charge >= 0.3 is 0 Å². The van der Waals surface area contributed by atoms with Gasteiger partial charge in [0, 0.05) is 39.2 Å². The molecule has 8 heteroatoms. The molecule has 1 saturated heterocycles. The van der Waals surface area contributed by atoms with E-state index in [1.54, 1.807) is 28.0 Å². The fourth-order valence-corrected chi connectivity index (χ4v) is 2.63. The van der Waals surface area contributed by atoms with Gasteiger partial charge in [0.05, 0.1) is 5.69 Å². The molecule has 1 aliphatic rings. The molecule has 0 unspecified atom stereocenters. The Morgan fingerprint density at radius 3 is 2.44 bits per heavy atom. The van der Waals surface area contributed by atoms with E-state index in [1.165, 1.54) is 25.4 Å². The minimum absolute atomic E-state index is 0.00510. The lowest BCUT2D eigenvalue weighted by molar-refractivity contribution is -0.130. The fraction of sp³-hybridized carbons (Fsp3) is 0.294. The van der Waals surface area contributed by atoms with Crippen molar-refractivity contribution in [1.82, 2.24) is 19.8 Å². The van der Waals surface area contributed by atoms with Crippen LogP contribution in [0.15, 0.2) is 36.7 Å². The highest BCUT2D eigenvalue weighted by Crippen LogP contribution is 2.18. The molecule has 0 atom stereocenters. The van der Waals surface area contributed by atoms with Crippen molar-refractivity contribution in [1.29, 1.82) is 0 Å². The average Bonchev–Trinajstić information content (AvgIpc) is 2.63. The maximum Gasteiger partial charge on any atom is 0.272 e. The molecule has 3 rings (SSSR count). The Morgan fingerprint density at radius 1 is 1.08 bits per heavy atom. The highest BCUT2D eigenvalue weighted by atomic mass is 19.1. The summed E-state index contributed by atoms with van der Waals surface area (Å²) in [7, 11) is 0. The van der Waals surface area contributed by atoms with E-state index in [4.69, 9.17) is 0 Å². The molecule has 7 nitrogen and oxygen atoms in total. The second-order valence-corrected chi connectivity index (χ2v) is 5.69. The topological polar surface area (TPSA) is 78.4 Å². The molecular weight excluding hydrogens is 325 g/mol. The number of hydrogen-bond donors (Lipinski definition) is 1. The maximum absolute atomic E-state index is 13.7. The summed E-state index contributed by atoms with van der Waals surface area (Å²) in [5, 5.41) is 2.84. The highest BCUT2D eigenvalue weighted by Gasteiger charge is 2.24. The molecule has 2 heterocycles. The van der Waals surface area contributed by atoms with E-state index >= 15 is 0 Å². The van der Waals surface area contributed by atoms with Crippen LogP contribution in [0.2, 0.25) is 0 Å². The molecule has 2 amide bonds. The normalized spacial score (nSPS) is 14.3.